The normalized spacial score (nSPS) is 18.7. The number of ether oxygens (including phenoxy) is 1. The molecule has 2 rings (SSSR count). The van der Waals surface area contributed by atoms with E-state index < -0.39 is 5.97 Å². The first kappa shape index (κ1) is 16.1. The van der Waals surface area contributed by atoms with Crippen molar-refractivity contribution in [1.29, 1.82) is 0 Å². The summed E-state index contributed by atoms with van der Waals surface area (Å²) in [5.41, 5.74) is 0. The average Bonchev–Trinajstić information content (AvgIpc) is 3.02. The number of hydrogen-bond acceptors (Lipinski definition) is 6. The number of carboxylic acids is 1. The van der Waals surface area contributed by atoms with Crippen molar-refractivity contribution in [3.63, 3.8) is 0 Å². The number of thioether (sulfide) groups is 1. The minimum Gasteiger partial charge on any atom is -0.481 e. The van der Waals surface area contributed by atoms with Gasteiger partial charge >= 0.3 is 5.97 Å². The lowest BCUT2D eigenvalue weighted by atomic mass is 10.1. The summed E-state index contributed by atoms with van der Waals surface area (Å²) < 4.78 is 7.24. The van der Waals surface area contributed by atoms with Crippen molar-refractivity contribution in [2.45, 2.75) is 31.5 Å². The van der Waals surface area contributed by atoms with Crippen LogP contribution in [0.4, 0.5) is 5.95 Å². The molecule has 0 aliphatic carbocycles. The fraction of sp³-hybridized carbons (Fsp3) is 0.769. The number of nitrogens with zero attached hydrogens (tertiary/aromatic N) is 4. The van der Waals surface area contributed by atoms with Gasteiger partial charge in [-0.25, -0.2) is 0 Å². The highest BCUT2D eigenvalue weighted by molar-refractivity contribution is 7.99. The molecule has 1 aliphatic heterocycles. The second-order valence-corrected chi connectivity index (χ2v) is 6.43. The number of rotatable bonds is 7. The Hall–Kier alpha value is -1.28. The highest BCUT2D eigenvalue weighted by Gasteiger charge is 2.28. The molecule has 0 amide bonds. The number of hydrogen-bond donors (Lipinski definition) is 1. The topological polar surface area (TPSA) is 80.5 Å². The van der Waals surface area contributed by atoms with E-state index in [0.717, 1.165) is 32.1 Å². The molecule has 0 saturated carbocycles. The Balaban J connectivity index is 2.14. The monoisotopic (exact) mass is 314 g/mol. The molecule has 8 heteroatoms. The number of aromatic nitrogens is 3. The summed E-state index contributed by atoms with van der Waals surface area (Å²) in [7, 11) is 1.72. The van der Waals surface area contributed by atoms with Crippen molar-refractivity contribution in [1.82, 2.24) is 14.8 Å². The molecule has 0 bridgehead atoms. The smallest absolute Gasteiger partial charge is 0.313 e. The van der Waals surface area contributed by atoms with Crippen LogP contribution in [0.1, 0.15) is 26.3 Å². The number of carbonyl (C=O) groups is 1. The van der Waals surface area contributed by atoms with Gasteiger partial charge in [0.25, 0.3) is 0 Å². The molecule has 21 heavy (non-hydrogen) atoms. The molecule has 0 radical (unpaired) electrons. The van der Waals surface area contributed by atoms with Gasteiger partial charge in [-0.1, -0.05) is 11.8 Å². The fourth-order valence-electron chi connectivity index (χ4n) is 2.55. The molecule has 1 saturated heterocycles. The number of anilines is 1. The Morgan fingerprint density at radius 3 is 2.90 bits per heavy atom. The predicted octanol–water partition coefficient (Wildman–Crippen LogP) is 1.51. The highest BCUT2D eigenvalue weighted by atomic mass is 32.2. The third-order valence-electron chi connectivity index (χ3n) is 3.46. The van der Waals surface area contributed by atoms with Crippen molar-refractivity contribution in [2.75, 3.05) is 37.5 Å². The SMILES string of the molecule is COCC1CCN(c2nnc(SCC(=O)O)n2C(C)C)C1. The van der Waals surface area contributed by atoms with E-state index in [-0.39, 0.29) is 11.8 Å². The molecule has 1 N–H and O–H groups in total. The van der Waals surface area contributed by atoms with Crippen LogP contribution in [0.3, 0.4) is 0 Å². The van der Waals surface area contributed by atoms with Gasteiger partial charge in [-0.2, -0.15) is 0 Å². The Morgan fingerprint density at radius 2 is 2.29 bits per heavy atom. The molecule has 0 aromatic carbocycles. The van der Waals surface area contributed by atoms with Crippen LogP contribution in [-0.4, -0.2) is 58.4 Å². The molecule has 1 atom stereocenters. The van der Waals surface area contributed by atoms with Crippen molar-refractivity contribution in [3.8, 4) is 0 Å². The van der Waals surface area contributed by atoms with Crippen LogP contribution in [0.25, 0.3) is 0 Å². The second-order valence-electron chi connectivity index (χ2n) is 5.48. The summed E-state index contributed by atoms with van der Waals surface area (Å²) in [5.74, 6) is 0.497. The van der Waals surface area contributed by atoms with E-state index in [0.29, 0.717) is 11.1 Å². The van der Waals surface area contributed by atoms with Crippen LogP contribution < -0.4 is 4.90 Å². The first-order valence-electron chi connectivity index (χ1n) is 7.06. The van der Waals surface area contributed by atoms with Crippen LogP contribution in [0.2, 0.25) is 0 Å². The molecule has 1 fully saturated rings. The standard InChI is InChI=1S/C13H22N4O3S/c1-9(2)17-12(14-15-13(17)21-8-11(18)19)16-5-4-10(6-16)7-20-3/h9-10H,4-8H2,1-3H3,(H,18,19). The molecule has 1 aliphatic rings. The summed E-state index contributed by atoms with van der Waals surface area (Å²) in [4.78, 5) is 12.9. The zero-order chi connectivity index (χ0) is 15.4. The number of aliphatic carboxylic acids is 1. The van der Waals surface area contributed by atoms with Gasteiger partial charge in [0.1, 0.15) is 0 Å². The van der Waals surface area contributed by atoms with Gasteiger partial charge < -0.3 is 14.7 Å². The molecule has 0 spiro atoms. The van der Waals surface area contributed by atoms with Crippen molar-refractivity contribution in [2.24, 2.45) is 5.92 Å². The van der Waals surface area contributed by atoms with Crippen LogP contribution in [-0.2, 0) is 9.53 Å². The summed E-state index contributed by atoms with van der Waals surface area (Å²) in [6.07, 6.45) is 1.08. The van der Waals surface area contributed by atoms with Gasteiger partial charge in [0.2, 0.25) is 5.95 Å². The van der Waals surface area contributed by atoms with E-state index in [4.69, 9.17) is 9.84 Å². The van der Waals surface area contributed by atoms with Gasteiger partial charge in [-0.3, -0.25) is 9.36 Å². The molecular formula is C13H22N4O3S. The summed E-state index contributed by atoms with van der Waals surface area (Å²) in [6.45, 7) is 6.71. The van der Waals surface area contributed by atoms with Gasteiger partial charge in [-0.05, 0) is 20.3 Å². The van der Waals surface area contributed by atoms with Crippen molar-refractivity contribution in [3.05, 3.63) is 0 Å². The predicted molar refractivity (Wildman–Crippen MR) is 81.0 cm³/mol. The van der Waals surface area contributed by atoms with Gasteiger partial charge in [-0.15, -0.1) is 10.2 Å². The Morgan fingerprint density at radius 1 is 1.52 bits per heavy atom. The lowest BCUT2D eigenvalue weighted by molar-refractivity contribution is -0.133. The Bertz CT molecular complexity index is 492. The lowest BCUT2D eigenvalue weighted by Gasteiger charge is -2.21. The number of methoxy groups -OCH3 is 1. The van der Waals surface area contributed by atoms with Crippen molar-refractivity contribution >= 4 is 23.7 Å². The van der Waals surface area contributed by atoms with Gasteiger partial charge in [0.05, 0.1) is 12.4 Å². The quantitative estimate of drug-likeness (QED) is 0.764. The zero-order valence-electron chi connectivity index (χ0n) is 12.7. The minimum atomic E-state index is -0.846. The maximum Gasteiger partial charge on any atom is 0.313 e. The van der Waals surface area contributed by atoms with Gasteiger partial charge in [0.15, 0.2) is 5.16 Å². The van der Waals surface area contributed by atoms with E-state index in [2.05, 4.69) is 28.9 Å². The third-order valence-corrected chi connectivity index (χ3v) is 4.39. The van der Waals surface area contributed by atoms with Crippen LogP contribution in [0.15, 0.2) is 5.16 Å². The molecule has 118 valence electrons. The Labute approximate surface area is 128 Å². The van der Waals surface area contributed by atoms with E-state index >= 15 is 0 Å². The maximum atomic E-state index is 10.7. The van der Waals surface area contributed by atoms with E-state index in [1.165, 1.54) is 11.8 Å². The third kappa shape index (κ3) is 3.88. The fourth-order valence-corrected chi connectivity index (χ4v) is 3.33. The van der Waals surface area contributed by atoms with Crippen LogP contribution in [0.5, 0.6) is 0 Å². The lowest BCUT2D eigenvalue weighted by Crippen LogP contribution is -2.25. The summed E-state index contributed by atoms with van der Waals surface area (Å²) in [6, 6.07) is 0.188. The molecule has 1 aromatic rings. The molecular weight excluding hydrogens is 292 g/mol. The van der Waals surface area contributed by atoms with Gasteiger partial charge in [0, 0.05) is 32.2 Å². The van der Waals surface area contributed by atoms with E-state index in [9.17, 15) is 4.79 Å². The highest BCUT2D eigenvalue weighted by Crippen LogP contribution is 2.29. The molecule has 1 aromatic heterocycles. The maximum absolute atomic E-state index is 10.7. The average molecular weight is 314 g/mol. The van der Waals surface area contributed by atoms with Crippen LogP contribution >= 0.6 is 11.8 Å². The summed E-state index contributed by atoms with van der Waals surface area (Å²) in [5, 5.41) is 17.9. The molecule has 7 nitrogen and oxygen atoms in total. The van der Waals surface area contributed by atoms with Crippen molar-refractivity contribution < 1.29 is 14.6 Å². The Kier molecular flexibility index (Phi) is 5.46. The summed E-state index contributed by atoms with van der Waals surface area (Å²) >= 11 is 1.21. The first-order valence-corrected chi connectivity index (χ1v) is 8.04. The second kappa shape index (κ2) is 7.13. The largest absolute Gasteiger partial charge is 0.481 e. The van der Waals surface area contributed by atoms with E-state index in [1.807, 2.05) is 4.57 Å². The zero-order valence-corrected chi connectivity index (χ0v) is 13.5. The first-order chi connectivity index (χ1) is 10.0. The minimum absolute atomic E-state index is 0.00282. The molecule has 2 heterocycles. The molecule has 1 unspecified atom stereocenters. The number of carboxylic acid groups (broad SMARTS) is 1. The van der Waals surface area contributed by atoms with Crippen LogP contribution in [0, 0.1) is 5.92 Å². The van der Waals surface area contributed by atoms with E-state index in [1.54, 1.807) is 7.11 Å².